The highest BCUT2D eigenvalue weighted by Gasteiger charge is 2.33. The fourth-order valence-electron chi connectivity index (χ4n) is 8.15. The van der Waals surface area contributed by atoms with E-state index in [1.807, 2.05) is 127 Å². The number of nitrogens with one attached hydrogen (secondary N) is 2. The van der Waals surface area contributed by atoms with Crippen LogP contribution in [-0.2, 0) is 0 Å². The van der Waals surface area contributed by atoms with Crippen molar-refractivity contribution in [2.75, 3.05) is 0 Å². The maximum absolute atomic E-state index is 12.3. The van der Waals surface area contributed by atoms with Gasteiger partial charge in [-0.3, -0.25) is 30.3 Å². The van der Waals surface area contributed by atoms with Crippen molar-refractivity contribution in [3.63, 3.8) is 0 Å². The number of rotatable bonds is 9. The highest BCUT2D eigenvalue weighted by Crippen LogP contribution is 2.46. The van der Waals surface area contributed by atoms with Crippen molar-refractivity contribution in [2.45, 2.75) is 0 Å². The number of nitro benzene ring substituents is 3. The quantitative estimate of drug-likeness (QED) is 0.105. The van der Waals surface area contributed by atoms with Gasteiger partial charge < -0.3 is 14.7 Å². The number of hydrogen-bond acceptors (Lipinski definition) is 9. The van der Waals surface area contributed by atoms with Crippen molar-refractivity contribution >= 4 is 63.4 Å². The van der Waals surface area contributed by atoms with E-state index >= 15 is 0 Å². The lowest BCUT2D eigenvalue weighted by Crippen LogP contribution is -2.01. The molecule has 0 saturated carbocycles. The highest BCUT2D eigenvalue weighted by molar-refractivity contribution is 6.00. The van der Waals surface area contributed by atoms with Crippen LogP contribution < -0.4 is 4.74 Å². The summed E-state index contributed by atoms with van der Waals surface area (Å²) in [7, 11) is 0. The Hall–Kier alpha value is -9.30. The SMILES string of the molecule is O=[N+]([O-])c1cc([N+](=O)[O-])c(Oc2ccccc2-c2c3nc(c(-c4ccccc4)c4ccc([nH]4)c(-c4ccccc4)c4nc(c(-c5ccccc5)c5ccc2[nH]5)C=C4)C=C3)c([N+](=O)[O-])c1. The lowest BCUT2D eigenvalue weighted by Gasteiger charge is -2.13. The number of H-pyrrole nitrogens is 2. The average Bonchev–Trinajstić information content (AvgIpc) is 4.16. The maximum atomic E-state index is 12.3. The molecule has 14 heteroatoms. The first kappa shape index (κ1) is 38.9. The molecule has 308 valence electrons. The summed E-state index contributed by atoms with van der Waals surface area (Å²) in [5, 5.41) is 36.4. The number of ether oxygens (including phenoxy) is 1. The van der Waals surface area contributed by atoms with Crippen LogP contribution >= 0.6 is 0 Å². The van der Waals surface area contributed by atoms with Crippen molar-refractivity contribution in [1.29, 1.82) is 0 Å². The molecule has 10 rings (SSSR count). The molecule has 2 aliphatic rings. The van der Waals surface area contributed by atoms with E-state index in [4.69, 9.17) is 14.7 Å². The summed E-state index contributed by atoms with van der Waals surface area (Å²) in [6.07, 6.45) is 7.77. The third-order valence-corrected chi connectivity index (χ3v) is 10.9. The monoisotopic (exact) mass is 841 g/mol. The van der Waals surface area contributed by atoms with E-state index in [1.165, 1.54) is 6.07 Å². The van der Waals surface area contributed by atoms with Crippen molar-refractivity contribution in [3.8, 4) is 56.0 Å². The topological polar surface area (TPSA) is 196 Å². The zero-order valence-corrected chi connectivity index (χ0v) is 33.3. The first-order chi connectivity index (χ1) is 31.2. The summed E-state index contributed by atoms with van der Waals surface area (Å²) in [6.45, 7) is 0. The van der Waals surface area contributed by atoms with Gasteiger partial charge in [0.2, 0.25) is 0 Å². The van der Waals surface area contributed by atoms with Crippen molar-refractivity contribution < 1.29 is 19.5 Å². The summed E-state index contributed by atoms with van der Waals surface area (Å²) in [6, 6.07) is 45.6. The lowest BCUT2D eigenvalue weighted by atomic mass is 10.0. The predicted octanol–water partition coefficient (Wildman–Crippen LogP) is 12.8. The van der Waals surface area contributed by atoms with Gasteiger partial charge in [-0.25, -0.2) is 9.97 Å². The molecular weight excluding hydrogens is 811 g/mol. The van der Waals surface area contributed by atoms with Crippen molar-refractivity contribution in [2.24, 2.45) is 0 Å². The normalized spacial score (nSPS) is 11.7. The standard InChI is InChI=1S/C50H31N7O7/c58-55(59)33-28-43(56(60)61)50(44(29-33)57(62)63)64-45-19-11-10-18-34(45)49-41-26-24-39(53-41)47(31-14-6-2-7-15-31)37-22-20-35(51-37)46(30-12-4-1-5-13-30)36-21-23-38(52-36)48(32-16-8-3-9-17-32)40-25-27-42(49)54-40/h1-29,51,54H. The third kappa shape index (κ3) is 7.02. The van der Waals surface area contributed by atoms with E-state index in [0.717, 1.165) is 50.1 Å². The Bertz CT molecular complexity index is 3380. The largest absolute Gasteiger partial charge is 0.444 e. The van der Waals surface area contributed by atoms with Crippen molar-refractivity contribution in [1.82, 2.24) is 19.9 Å². The van der Waals surface area contributed by atoms with Crippen LogP contribution in [-0.4, -0.2) is 34.7 Å². The van der Waals surface area contributed by atoms with Crippen LogP contribution in [0.15, 0.2) is 152 Å². The van der Waals surface area contributed by atoms with E-state index in [1.54, 1.807) is 18.2 Å². The first-order valence-electron chi connectivity index (χ1n) is 19.9. The molecule has 14 nitrogen and oxygen atoms in total. The first-order valence-corrected chi connectivity index (χ1v) is 19.9. The second-order valence-electron chi connectivity index (χ2n) is 14.8. The van der Waals surface area contributed by atoms with Gasteiger partial charge in [-0.15, -0.1) is 0 Å². The van der Waals surface area contributed by atoms with Gasteiger partial charge >= 0.3 is 11.4 Å². The molecule has 8 bridgehead atoms. The fourth-order valence-corrected chi connectivity index (χ4v) is 8.15. The molecule has 5 heterocycles. The van der Waals surface area contributed by atoms with Crippen LogP contribution in [0.3, 0.4) is 0 Å². The number of nitrogens with zero attached hydrogens (tertiary/aromatic N) is 5. The van der Waals surface area contributed by atoms with Crippen LogP contribution in [0.1, 0.15) is 22.8 Å². The molecule has 8 aromatic rings. The molecule has 0 amide bonds. The number of fused-ring (bicyclic) bond motifs is 8. The molecule has 0 radical (unpaired) electrons. The van der Waals surface area contributed by atoms with Gasteiger partial charge in [-0.1, -0.05) is 109 Å². The highest BCUT2D eigenvalue weighted by atomic mass is 16.6. The molecule has 0 saturated heterocycles. The molecule has 0 unspecified atom stereocenters. The Balaban J connectivity index is 1.33. The Labute approximate surface area is 362 Å². The number of non-ortho nitro benzene ring substituents is 1. The number of aromatic amines is 2. The molecule has 2 aliphatic heterocycles. The van der Waals surface area contributed by atoms with Crippen LogP contribution in [0.4, 0.5) is 17.1 Å². The van der Waals surface area contributed by atoms with Crippen LogP contribution in [0.25, 0.3) is 90.9 Å². The van der Waals surface area contributed by atoms with Gasteiger partial charge in [-0.2, -0.15) is 0 Å². The summed E-state index contributed by atoms with van der Waals surface area (Å²) < 4.78 is 6.19. The molecule has 0 spiro atoms. The van der Waals surface area contributed by atoms with Crippen LogP contribution in [0.2, 0.25) is 0 Å². The zero-order valence-electron chi connectivity index (χ0n) is 33.3. The van der Waals surface area contributed by atoms with Gasteiger partial charge in [0.1, 0.15) is 5.75 Å². The van der Waals surface area contributed by atoms with Gasteiger partial charge in [0.25, 0.3) is 11.4 Å². The van der Waals surface area contributed by atoms with E-state index in [0.29, 0.717) is 51.4 Å². The van der Waals surface area contributed by atoms with Gasteiger partial charge in [0.15, 0.2) is 0 Å². The molecule has 5 aromatic carbocycles. The third-order valence-electron chi connectivity index (χ3n) is 10.9. The van der Waals surface area contributed by atoms with Crippen LogP contribution in [0.5, 0.6) is 11.5 Å². The summed E-state index contributed by atoms with van der Waals surface area (Å²) >= 11 is 0. The van der Waals surface area contributed by atoms with E-state index in [9.17, 15) is 30.3 Å². The minimum Gasteiger partial charge on any atom is -0.444 e. The molecule has 3 aromatic heterocycles. The fraction of sp³-hybridized carbons (Fsp3) is 0. The Kier molecular flexibility index (Phi) is 9.69. The Morgan fingerprint density at radius 2 is 0.781 bits per heavy atom. The van der Waals surface area contributed by atoms with E-state index < -0.39 is 37.6 Å². The van der Waals surface area contributed by atoms with Gasteiger partial charge in [0, 0.05) is 49.9 Å². The van der Waals surface area contributed by atoms with Gasteiger partial charge in [-0.05, 0) is 71.3 Å². The molecule has 0 atom stereocenters. The molecule has 64 heavy (non-hydrogen) atoms. The predicted molar refractivity (Wildman–Crippen MR) is 247 cm³/mol. The Morgan fingerprint density at radius 3 is 1.17 bits per heavy atom. The summed E-state index contributed by atoms with van der Waals surface area (Å²) in [5.74, 6) is -0.774. The number of hydrogen-bond donors (Lipinski definition) is 2. The van der Waals surface area contributed by atoms with Crippen molar-refractivity contribution in [3.05, 3.63) is 205 Å². The van der Waals surface area contributed by atoms with E-state index in [-0.39, 0.29) is 5.75 Å². The number of aromatic nitrogens is 4. The second kappa shape index (κ2) is 15.9. The second-order valence-corrected chi connectivity index (χ2v) is 14.8. The minimum absolute atomic E-state index is 0.00693. The summed E-state index contributed by atoms with van der Waals surface area (Å²) in [5.41, 5.74) is 8.89. The van der Waals surface area contributed by atoms with Gasteiger partial charge in [0.05, 0.1) is 49.7 Å². The van der Waals surface area contributed by atoms with Crippen LogP contribution in [0, 0.1) is 30.3 Å². The number of para-hydroxylation sites is 1. The summed E-state index contributed by atoms with van der Waals surface area (Å²) in [4.78, 5) is 51.5. The zero-order chi connectivity index (χ0) is 43.9. The minimum atomic E-state index is -0.947. The lowest BCUT2D eigenvalue weighted by molar-refractivity contribution is -0.404. The maximum Gasteiger partial charge on any atom is 0.325 e. The molecule has 2 N–H and O–H groups in total. The van der Waals surface area contributed by atoms with E-state index in [2.05, 4.69) is 22.1 Å². The Morgan fingerprint density at radius 1 is 0.422 bits per heavy atom. The molecule has 0 aliphatic carbocycles. The average molecular weight is 842 g/mol. The molecular formula is C50H31N7O7. The number of benzene rings is 5. The number of nitro groups is 3. The smallest absolute Gasteiger partial charge is 0.325 e. The molecule has 0 fully saturated rings.